The number of alkyl halides is 4. The normalized spacial score (nSPS) is 11.8. The molecule has 16 rings (SSSR count). The predicted octanol–water partition coefficient (Wildman–Crippen LogP) is 18.0. The number of methoxy groups -OCH3 is 6. The largest absolute Gasteiger partial charge is 0.497 e. The van der Waals surface area contributed by atoms with Crippen molar-refractivity contribution in [3.05, 3.63) is 220 Å². The minimum absolute atomic E-state index is 0.0237. The van der Waals surface area contributed by atoms with E-state index in [0.717, 1.165) is 114 Å². The standard InChI is InChI=1S/C30H39N5O4.C25H28F2N6O2.C25H30N6O2.C22H21F2N5O3/c1-19(2)29(36)18-39-30(20(3)4)17-35(23-10-24(37-6)13-25(11-23)38-7)22-8-9-26-27(12-22)33-28(15-31-26)21-14-32-34(5)16-21;1-16(2)28-7-8-33(19-9-20(34-4)12-21(10-19)35-25(26)27)18-5-6-22-23(11-18)31-24(14-29-22)17-13-30-32(3)15-17;1-17(2)26-8-9-31(20-10-21(32-4)13-22(11-20)33-5)19-6-7-23-24(12-19)29-25(15-27-23)18-14-28-30(3)16-18;1-28-13-14(11-26-28)21-12-25-19-4-3-15(9-20(19)27-21)29(5-6-30)16-7-17(31-2)10-18(8-16)32-22(23)24/h8-16,19-20,29-30,36H,17-18H2,1-7H3;5-6,9-16,25,28H,7-8H2,1-4H3;6-7,10-17,26H,8-9H2,1-5H3;3-4,7-13,22,30H,5-6H2,1-2H3. The van der Waals surface area contributed by atoms with Gasteiger partial charge in [-0.2, -0.15) is 38.0 Å². The maximum Gasteiger partial charge on any atom is 0.387 e. The molecule has 0 saturated heterocycles. The lowest BCUT2D eigenvalue weighted by Gasteiger charge is -2.32. The maximum atomic E-state index is 12.9. The summed E-state index contributed by atoms with van der Waals surface area (Å²) in [5.74, 6) is 3.92. The summed E-state index contributed by atoms with van der Waals surface area (Å²) in [5, 5.41) is 43.8. The van der Waals surface area contributed by atoms with E-state index in [4.69, 9.17) is 53.1 Å². The molecular formula is C102H118F4N22O11. The number of nitrogens with zero attached hydrogens (tertiary/aromatic N) is 20. The number of aromatic nitrogens is 16. The molecule has 139 heavy (non-hydrogen) atoms. The van der Waals surface area contributed by atoms with Gasteiger partial charge < -0.3 is 83.1 Å². The summed E-state index contributed by atoms with van der Waals surface area (Å²) in [4.78, 5) is 45.7. The van der Waals surface area contributed by atoms with Crippen LogP contribution in [-0.2, 0) is 32.9 Å². The van der Waals surface area contributed by atoms with E-state index in [9.17, 15) is 27.8 Å². The molecule has 0 amide bonds. The minimum atomic E-state index is -2.97. The van der Waals surface area contributed by atoms with Crippen molar-refractivity contribution < 1.29 is 70.4 Å². The van der Waals surface area contributed by atoms with Crippen molar-refractivity contribution in [1.82, 2.24) is 89.6 Å². The number of rotatable bonds is 39. The number of anilines is 8. The zero-order valence-electron chi connectivity index (χ0n) is 81.1. The van der Waals surface area contributed by atoms with Gasteiger partial charge in [0.2, 0.25) is 0 Å². The maximum absolute atomic E-state index is 12.9. The quantitative estimate of drug-likeness (QED) is 0.0260. The van der Waals surface area contributed by atoms with Crippen LogP contribution in [0.4, 0.5) is 63.1 Å². The molecule has 0 bridgehead atoms. The number of hydrogen-bond acceptors (Lipinski definition) is 29. The van der Waals surface area contributed by atoms with Crippen molar-refractivity contribution in [2.45, 2.75) is 92.9 Å². The third kappa shape index (κ3) is 27.3. The van der Waals surface area contributed by atoms with Crippen LogP contribution in [0.3, 0.4) is 0 Å². The van der Waals surface area contributed by atoms with Gasteiger partial charge in [-0.15, -0.1) is 0 Å². The van der Waals surface area contributed by atoms with E-state index in [2.05, 4.69) is 124 Å². The van der Waals surface area contributed by atoms with Crippen LogP contribution in [-0.4, -0.2) is 222 Å². The number of aliphatic hydroxyl groups excluding tert-OH is 2. The van der Waals surface area contributed by atoms with Crippen LogP contribution >= 0.6 is 0 Å². The molecule has 0 spiro atoms. The van der Waals surface area contributed by atoms with Crippen molar-refractivity contribution in [2.75, 3.05) is 115 Å². The first kappa shape index (κ1) is 102. The Morgan fingerprint density at radius 3 is 0.856 bits per heavy atom. The molecular weight excluding hydrogens is 1790 g/mol. The molecule has 4 N–H and O–H groups in total. The second-order valence-corrected chi connectivity index (χ2v) is 33.9. The van der Waals surface area contributed by atoms with Gasteiger partial charge in [0.1, 0.15) is 46.0 Å². The molecule has 2 unspecified atom stereocenters. The average Bonchev–Trinajstić information content (AvgIpc) is 1.80. The smallest absolute Gasteiger partial charge is 0.387 e. The molecule has 0 aliphatic heterocycles. The van der Waals surface area contributed by atoms with Gasteiger partial charge in [-0.3, -0.25) is 38.7 Å². The van der Waals surface area contributed by atoms with Gasteiger partial charge in [0.25, 0.3) is 0 Å². The predicted molar refractivity (Wildman–Crippen MR) is 532 cm³/mol. The molecule has 0 aliphatic rings. The molecule has 730 valence electrons. The fourth-order valence-corrected chi connectivity index (χ4v) is 15.0. The first-order valence-electron chi connectivity index (χ1n) is 45.2. The lowest BCUT2D eigenvalue weighted by Crippen LogP contribution is -2.37. The second kappa shape index (κ2) is 47.7. The molecule has 0 fully saturated rings. The average molecular weight is 1900 g/mol. The number of hydrogen-bond donors (Lipinski definition) is 4. The van der Waals surface area contributed by atoms with Crippen molar-refractivity contribution >= 4 is 89.6 Å². The van der Waals surface area contributed by atoms with Gasteiger partial charge in [0.15, 0.2) is 0 Å². The van der Waals surface area contributed by atoms with E-state index in [0.29, 0.717) is 99.7 Å². The Morgan fingerprint density at radius 1 is 0.331 bits per heavy atom. The molecule has 8 aromatic heterocycles. The topological polar surface area (TPSA) is 335 Å². The summed E-state index contributed by atoms with van der Waals surface area (Å²) in [6.45, 7) is 14.4. The lowest BCUT2D eigenvalue weighted by atomic mass is 10.0. The van der Waals surface area contributed by atoms with E-state index in [1.165, 1.54) is 32.4 Å². The molecule has 16 aromatic rings. The number of benzene rings is 8. The van der Waals surface area contributed by atoms with Gasteiger partial charge >= 0.3 is 13.2 Å². The Labute approximate surface area is 804 Å². The SMILES string of the molecule is COc1cc(OC(F)F)cc(N(CCNC(C)C)c2ccc3ncc(-c4cnn(C)c4)nc3c2)c1.COc1cc(OC(F)F)cc(N(CCO)c2ccc3ncc(-c4cnn(C)c4)nc3c2)c1.COc1cc(OC)cc(N(CC(OCC(O)C(C)C)C(C)C)c2ccc3ncc(-c4cnn(C)c4)nc3c2)c1.COc1cc(OC)cc(N(CCNC(C)C)c2ccc3ncc(-c4cnn(C)c4)nc3c2)c1. The van der Waals surface area contributed by atoms with E-state index in [1.807, 2.05) is 169 Å². The highest BCUT2D eigenvalue weighted by atomic mass is 19.3. The molecule has 8 aromatic carbocycles. The number of aryl methyl sites for hydroxylation is 4. The second-order valence-electron chi connectivity index (χ2n) is 33.9. The van der Waals surface area contributed by atoms with E-state index in [-0.39, 0.29) is 49.2 Å². The summed E-state index contributed by atoms with van der Waals surface area (Å²) in [5.41, 5.74) is 19.0. The number of fused-ring (bicyclic) bond motifs is 4. The Morgan fingerprint density at radius 2 is 0.604 bits per heavy atom. The first-order chi connectivity index (χ1) is 66.9. The number of nitrogens with one attached hydrogen (secondary N) is 2. The summed E-state index contributed by atoms with van der Waals surface area (Å²) in [6.07, 6.45) is 20.9. The Kier molecular flexibility index (Phi) is 34.8. The van der Waals surface area contributed by atoms with Crippen molar-refractivity contribution in [3.8, 4) is 91.0 Å². The van der Waals surface area contributed by atoms with Crippen LogP contribution < -0.4 is 68.1 Å². The van der Waals surface area contributed by atoms with Crippen LogP contribution in [0, 0.1) is 11.8 Å². The van der Waals surface area contributed by atoms with Gasteiger partial charge in [-0.1, -0.05) is 55.4 Å². The fourth-order valence-electron chi connectivity index (χ4n) is 15.0. The molecule has 0 saturated carbocycles. The van der Waals surface area contributed by atoms with Crippen LogP contribution in [0.1, 0.15) is 55.4 Å². The van der Waals surface area contributed by atoms with Crippen LogP contribution in [0.15, 0.2) is 220 Å². The van der Waals surface area contributed by atoms with Gasteiger partial charge in [-0.25, -0.2) is 19.9 Å². The Balaban J connectivity index is 0.000000157. The monoisotopic (exact) mass is 1900 g/mol. The summed E-state index contributed by atoms with van der Waals surface area (Å²) >= 11 is 0. The first-order valence-corrected chi connectivity index (χ1v) is 45.2. The van der Waals surface area contributed by atoms with Gasteiger partial charge in [0.05, 0.1) is 185 Å². The number of halogens is 4. The van der Waals surface area contributed by atoms with Crippen molar-refractivity contribution in [3.63, 3.8) is 0 Å². The summed E-state index contributed by atoms with van der Waals surface area (Å²) < 4.78 is 107. The van der Waals surface area contributed by atoms with E-state index < -0.39 is 19.3 Å². The summed E-state index contributed by atoms with van der Waals surface area (Å²) in [7, 11) is 17.0. The molecule has 33 nitrogen and oxygen atoms in total. The minimum Gasteiger partial charge on any atom is -0.497 e. The molecule has 0 aliphatic carbocycles. The van der Waals surface area contributed by atoms with Gasteiger partial charge in [0, 0.05) is 245 Å². The lowest BCUT2D eigenvalue weighted by molar-refractivity contribution is -0.0506. The van der Waals surface area contributed by atoms with Crippen molar-refractivity contribution in [2.24, 2.45) is 40.0 Å². The zero-order valence-corrected chi connectivity index (χ0v) is 81.1. The fraction of sp³-hybridized carbons (Fsp3) is 0.333. The van der Waals surface area contributed by atoms with E-state index in [1.54, 1.807) is 120 Å². The van der Waals surface area contributed by atoms with Crippen LogP contribution in [0.25, 0.3) is 89.2 Å². The van der Waals surface area contributed by atoms with Crippen LogP contribution in [0.2, 0.25) is 0 Å². The third-order valence-corrected chi connectivity index (χ3v) is 22.4. The number of aliphatic hydroxyl groups is 2. The molecule has 0 radical (unpaired) electrons. The molecule has 8 heterocycles. The van der Waals surface area contributed by atoms with E-state index >= 15 is 0 Å². The Hall–Kier alpha value is -14.9. The van der Waals surface area contributed by atoms with Crippen molar-refractivity contribution in [1.29, 1.82) is 0 Å². The molecule has 2 atom stereocenters. The summed E-state index contributed by atoms with van der Waals surface area (Å²) in [6, 6.07) is 45.1. The zero-order chi connectivity index (χ0) is 99.1. The number of ether oxygens (including phenoxy) is 9. The Bertz CT molecular complexity index is 6700. The highest BCUT2D eigenvalue weighted by Gasteiger charge is 2.27. The third-order valence-electron chi connectivity index (χ3n) is 22.4. The van der Waals surface area contributed by atoms with Crippen LogP contribution in [0.5, 0.6) is 46.0 Å². The molecule has 37 heteroatoms. The van der Waals surface area contributed by atoms with Gasteiger partial charge in [-0.05, 0) is 84.6 Å². The highest BCUT2D eigenvalue weighted by Crippen LogP contribution is 2.41. The highest BCUT2D eigenvalue weighted by molar-refractivity contribution is 5.87.